The lowest BCUT2D eigenvalue weighted by atomic mass is 10.1. The van der Waals surface area contributed by atoms with Crippen molar-refractivity contribution in [3.05, 3.63) is 42.2 Å². The van der Waals surface area contributed by atoms with Gasteiger partial charge in [0.2, 0.25) is 0 Å². The number of hydrogen-bond acceptors (Lipinski definition) is 3. The van der Waals surface area contributed by atoms with Gasteiger partial charge in [-0.15, -0.1) is 0 Å². The first kappa shape index (κ1) is 12.6. The molecule has 1 N–H and O–H groups in total. The summed E-state index contributed by atoms with van der Waals surface area (Å²) in [7, 11) is 2.08. The number of likely N-dealkylation sites (N-methyl/N-ethyl adjacent to an activating group) is 1. The maximum absolute atomic E-state index is 10.00. The zero-order valence-corrected chi connectivity index (χ0v) is 11.3. The third-order valence-electron chi connectivity index (χ3n) is 3.88. The van der Waals surface area contributed by atoms with E-state index in [2.05, 4.69) is 41.2 Å². The van der Waals surface area contributed by atoms with Crippen LogP contribution in [0.25, 0.3) is 10.8 Å². The first-order chi connectivity index (χ1) is 9.24. The van der Waals surface area contributed by atoms with Crippen molar-refractivity contribution in [2.75, 3.05) is 13.6 Å². The number of aliphatic hydroxyl groups is 1. The molecule has 1 aliphatic carbocycles. The lowest BCUT2D eigenvalue weighted by molar-refractivity contribution is 0.104. The van der Waals surface area contributed by atoms with E-state index in [1.54, 1.807) is 0 Å². The molecule has 0 saturated heterocycles. The van der Waals surface area contributed by atoms with Crippen molar-refractivity contribution in [3.63, 3.8) is 0 Å². The molecule has 1 heterocycles. The average Bonchev–Trinajstić information content (AvgIpc) is 3.23. The molecule has 0 aliphatic heterocycles. The molecule has 1 aliphatic rings. The topological polar surface area (TPSA) is 36.4 Å². The molecule has 0 radical (unpaired) electrons. The van der Waals surface area contributed by atoms with Gasteiger partial charge in [0.25, 0.3) is 0 Å². The second-order valence-electron chi connectivity index (χ2n) is 5.62. The summed E-state index contributed by atoms with van der Waals surface area (Å²) in [4.78, 5) is 6.37. The van der Waals surface area contributed by atoms with Gasteiger partial charge >= 0.3 is 0 Å². The maximum atomic E-state index is 10.00. The van der Waals surface area contributed by atoms with Gasteiger partial charge in [-0.05, 0) is 42.8 Å². The highest BCUT2D eigenvalue weighted by molar-refractivity contribution is 5.84. The second-order valence-corrected chi connectivity index (χ2v) is 5.62. The van der Waals surface area contributed by atoms with Crippen LogP contribution in [0.1, 0.15) is 18.4 Å². The summed E-state index contributed by atoms with van der Waals surface area (Å²) >= 11 is 0. The predicted molar refractivity (Wildman–Crippen MR) is 76.8 cm³/mol. The largest absolute Gasteiger partial charge is 0.392 e. The van der Waals surface area contributed by atoms with Gasteiger partial charge in [0.05, 0.1) is 6.10 Å². The zero-order chi connectivity index (χ0) is 13.2. The first-order valence-electron chi connectivity index (χ1n) is 6.92. The Morgan fingerprint density at radius 1 is 1.37 bits per heavy atom. The number of aliphatic hydroxyl groups excluding tert-OH is 1. The van der Waals surface area contributed by atoms with Gasteiger partial charge in [-0.25, -0.2) is 0 Å². The van der Waals surface area contributed by atoms with Crippen molar-refractivity contribution < 1.29 is 5.11 Å². The SMILES string of the molecule is CN(Cc1cccc2cnccc12)CC(O)C1CC1. The number of pyridine rings is 1. The smallest absolute Gasteiger partial charge is 0.0695 e. The minimum Gasteiger partial charge on any atom is -0.392 e. The van der Waals surface area contributed by atoms with Gasteiger partial charge in [-0.2, -0.15) is 0 Å². The van der Waals surface area contributed by atoms with E-state index in [-0.39, 0.29) is 6.10 Å². The lowest BCUT2D eigenvalue weighted by Crippen LogP contribution is -2.30. The van der Waals surface area contributed by atoms with Crippen molar-refractivity contribution in [1.29, 1.82) is 0 Å². The first-order valence-corrected chi connectivity index (χ1v) is 6.92. The fourth-order valence-electron chi connectivity index (χ4n) is 2.63. The van der Waals surface area contributed by atoms with E-state index in [9.17, 15) is 5.11 Å². The molecule has 2 aromatic rings. The molecule has 1 aromatic carbocycles. The van der Waals surface area contributed by atoms with Crippen LogP contribution in [0, 0.1) is 5.92 Å². The number of benzene rings is 1. The summed E-state index contributed by atoms with van der Waals surface area (Å²) in [6, 6.07) is 8.38. The van der Waals surface area contributed by atoms with E-state index in [1.165, 1.54) is 29.2 Å². The minimum atomic E-state index is -0.165. The number of rotatable bonds is 5. The van der Waals surface area contributed by atoms with E-state index < -0.39 is 0 Å². The predicted octanol–water partition coefficient (Wildman–Crippen LogP) is 2.44. The molecule has 1 saturated carbocycles. The van der Waals surface area contributed by atoms with Crippen LogP contribution in [-0.4, -0.2) is 34.7 Å². The van der Waals surface area contributed by atoms with Crippen molar-refractivity contribution >= 4 is 10.8 Å². The molecule has 3 heteroatoms. The van der Waals surface area contributed by atoms with Crippen molar-refractivity contribution in [2.24, 2.45) is 5.92 Å². The van der Waals surface area contributed by atoms with E-state index in [1.807, 2.05) is 12.4 Å². The second kappa shape index (κ2) is 5.27. The van der Waals surface area contributed by atoms with Gasteiger partial charge in [0.1, 0.15) is 0 Å². The van der Waals surface area contributed by atoms with Crippen LogP contribution in [0.5, 0.6) is 0 Å². The van der Waals surface area contributed by atoms with Gasteiger partial charge < -0.3 is 5.11 Å². The Morgan fingerprint density at radius 3 is 3.00 bits per heavy atom. The monoisotopic (exact) mass is 256 g/mol. The number of fused-ring (bicyclic) bond motifs is 1. The molecule has 1 unspecified atom stereocenters. The third kappa shape index (κ3) is 2.94. The van der Waals surface area contributed by atoms with Crippen LogP contribution in [0.2, 0.25) is 0 Å². The fourth-order valence-corrected chi connectivity index (χ4v) is 2.63. The summed E-state index contributed by atoms with van der Waals surface area (Å²) in [5.74, 6) is 0.541. The Labute approximate surface area is 113 Å². The van der Waals surface area contributed by atoms with Gasteiger partial charge in [-0.3, -0.25) is 9.88 Å². The van der Waals surface area contributed by atoms with Crippen molar-refractivity contribution in [3.8, 4) is 0 Å². The van der Waals surface area contributed by atoms with E-state index >= 15 is 0 Å². The molecule has 19 heavy (non-hydrogen) atoms. The normalized spacial score (nSPS) is 17.0. The standard InChI is InChI=1S/C16H20N2O/c1-18(11-16(19)12-5-6-12)10-14-4-2-3-13-9-17-8-7-15(13)14/h2-4,7-9,12,16,19H,5-6,10-11H2,1H3. The molecule has 1 atom stereocenters. The zero-order valence-electron chi connectivity index (χ0n) is 11.3. The quantitative estimate of drug-likeness (QED) is 0.892. The van der Waals surface area contributed by atoms with Crippen LogP contribution in [0.15, 0.2) is 36.7 Å². The highest BCUT2D eigenvalue weighted by atomic mass is 16.3. The molecular weight excluding hydrogens is 236 g/mol. The highest BCUT2D eigenvalue weighted by Gasteiger charge is 2.30. The maximum Gasteiger partial charge on any atom is 0.0695 e. The van der Waals surface area contributed by atoms with Crippen LogP contribution in [0.4, 0.5) is 0 Å². The van der Waals surface area contributed by atoms with Crippen molar-refractivity contribution in [2.45, 2.75) is 25.5 Å². The third-order valence-corrected chi connectivity index (χ3v) is 3.88. The lowest BCUT2D eigenvalue weighted by Gasteiger charge is -2.21. The van der Waals surface area contributed by atoms with E-state index in [0.29, 0.717) is 5.92 Å². The van der Waals surface area contributed by atoms with Gasteiger partial charge in [0, 0.05) is 30.9 Å². The molecule has 3 rings (SSSR count). The Morgan fingerprint density at radius 2 is 2.21 bits per heavy atom. The van der Waals surface area contributed by atoms with E-state index in [4.69, 9.17) is 0 Å². The Balaban J connectivity index is 1.73. The van der Waals surface area contributed by atoms with Gasteiger partial charge in [0.15, 0.2) is 0 Å². The summed E-state index contributed by atoms with van der Waals surface area (Å²) in [6.45, 7) is 1.62. The average molecular weight is 256 g/mol. The summed E-state index contributed by atoms with van der Waals surface area (Å²) in [5, 5.41) is 12.4. The van der Waals surface area contributed by atoms with Crippen LogP contribution in [-0.2, 0) is 6.54 Å². The Kier molecular flexibility index (Phi) is 3.49. The van der Waals surface area contributed by atoms with Crippen molar-refractivity contribution in [1.82, 2.24) is 9.88 Å². The van der Waals surface area contributed by atoms with Gasteiger partial charge in [-0.1, -0.05) is 18.2 Å². The molecule has 1 fully saturated rings. The fraction of sp³-hybridized carbons (Fsp3) is 0.438. The molecule has 100 valence electrons. The number of aromatic nitrogens is 1. The summed E-state index contributed by atoms with van der Waals surface area (Å²) in [6.07, 6.45) is 5.95. The van der Waals surface area contributed by atoms with Crippen LogP contribution < -0.4 is 0 Å². The molecule has 0 amide bonds. The number of hydrogen-bond donors (Lipinski definition) is 1. The molecule has 1 aromatic heterocycles. The van der Waals surface area contributed by atoms with Crippen LogP contribution >= 0.6 is 0 Å². The molecule has 3 nitrogen and oxygen atoms in total. The van der Waals surface area contributed by atoms with E-state index in [0.717, 1.165) is 13.1 Å². The van der Waals surface area contributed by atoms with Crippen LogP contribution in [0.3, 0.4) is 0 Å². The molecular formula is C16H20N2O. The summed E-state index contributed by atoms with van der Waals surface area (Å²) < 4.78 is 0. The minimum absolute atomic E-state index is 0.165. The molecule has 0 bridgehead atoms. The molecule has 0 spiro atoms. The highest BCUT2D eigenvalue weighted by Crippen LogP contribution is 2.32. The number of nitrogens with zero attached hydrogens (tertiary/aromatic N) is 2. The Bertz CT molecular complexity index is 560. The Hall–Kier alpha value is -1.45. The summed E-state index contributed by atoms with van der Waals surface area (Å²) in [5.41, 5.74) is 1.30.